The number of nitrogen functional groups attached to an aromatic ring is 1. The summed E-state index contributed by atoms with van der Waals surface area (Å²) in [6.45, 7) is 8.32. The first-order valence-electron chi connectivity index (χ1n) is 7.36. The van der Waals surface area contributed by atoms with Crippen molar-refractivity contribution in [2.45, 2.75) is 52.6 Å². The monoisotopic (exact) mass is 288 g/mol. The predicted molar refractivity (Wildman–Crippen MR) is 86.0 cm³/mol. The van der Waals surface area contributed by atoms with E-state index in [1.807, 2.05) is 43.5 Å². The summed E-state index contributed by atoms with van der Waals surface area (Å²) in [6, 6.07) is 5.63. The molecule has 1 heterocycles. The molecule has 1 aromatic heterocycles. The van der Waals surface area contributed by atoms with Crippen LogP contribution in [0.5, 0.6) is 0 Å². The van der Waals surface area contributed by atoms with Crippen molar-refractivity contribution in [3.8, 4) is 0 Å². The van der Waals surface area contributed by atoms with Gasteiger partial charge in [0.2, 0.25) is 5.91 Å². The van der Waals surface area contributed by atoms with Crippen LogP contribution in [0.3, 0.4) is 0 Å². The highest BCUT2D eigenvalue weighted by Crippen LogP contribution is 2.20. The third kappa shape index (κ3) is 3.74. The van der Waals surface area contributed by atoms with Gasteiger partial charge in [-0.25, -0.2) is 4.98 Å². The number of nitrogens with one attached hydrogen (secondary N) is 1. The predicted octanol–water partition coefficient (Wildman–Crippen LogP) is 2.49. The molecule has 3 N–H and O–H groups in total. The Morgan fingerprint density at radius 1 is 1.38 bits per heavy atom. The molecular formula is C16H24N4O. The fourth-order valence-corrected chi connectivity index (χ4v) is 2.39. The molecular weight excluding hydrogens is 264 g/mol. The van der Waals surface area contributed by atoms with Crippen molar-refractivity contribution in [2.24, 2.45) is 0 Å². The van der Waals surface area contributed by atoms with Gasteiger partial charge in [0, 0.05) is 17.6 Å². The molecule has 5 heteroatoms. The van der Waals surface area contributed by atoms with Crippen LogP contribution in [0.25, 0.3) is 11.0 Å². The Hall–Kier alpha value is -2.04. The summed E-state index contributed by atoms with van der Waals surface area (Å²) in [6.07, 6.45) is 1.83. The second-order valence-corrected chi connectivity index (χ2v) is 6.41. The number of fused-ring (bicyclic) bond motifs is 1. The highest BCUT2D eigenvalue weighted by Gasteiger charge is 2.17. The van der Waals surface area contributed by atoms with Gasteiger partial charge >= 0.3 is 0 Å². The average Bonchev–Trinajstić information content (AvgIpc) is 2.64. The van der Waals surface area contributed by atoms with Gasteiger partial charge in [-0.3, -0.25) is 4.79 Å². The van der Waals surface area contributed by atoms with Crippen molar-refractivity contribution in [1.29, 1.82) is 0 Å². The van der Waals surface area contributed by atoms with Crippen LogP contribution in [0.1, 0.15) is 39.9 Å². The van der Waals surface area contributed by atoms with Crippen LogP contribution >= 0.6 is 0 Å². The van der Waals surface area contributed by atoms with E-state index in [0.29, 0.717) is 5.69 Å². The summed E-state index contributed by atoms with van der Waals surface area (Å²) in [5, 5.41) is 2.99. The lowest BCUT2D eigenvalue weighted by Crippen LogP contribution is -2.42. The number of amides is 1. The maximum atomic E-state index is 12.2. The molecule has 0 saturated heterocycles. The smallest absolute Gasteiger partial charge is 0.240 e. The number of hydrogen-bond acceptors (Lipinski definition) is 3. The van der Waals surface area contributed by atoms with Crippen LogP contribution < -0.4 is 11.1 Å². The molecule has 1 amide bonds. The molecule has 0 atom stereocenters. The van der Waals surface area contributed by atoms with E-state index in [2.05, 4.69) is 17.2 Å². The second-order valence-electron chi connectivity index (χ2n) is 6.41. The van der Waals surface area contributed by atoms with E-state index < -0.39 is 0 Å². The van der Waals surface area contributed by atoms with Gasteiger partial charge in [0.05, 0.1) is 11.0 Å². The molecule has 0 unspecified atom stereocenters. The zero-order valence-corrected chi connectivity index (χ0v) is 13.2. The minimum absolute atomic E-state index is 0.00372. The summed E-state index contributed by atoms with van der Waals surface area (Å²) in [7, 11) is 0. The van der Waals surface area contributed by atoms with Crippen molar-refractivity contribution >= 4 is 22.6 Å². The average molecular weight is 288 g/mol. The molecule has 0 aliphatic heterocycles. The van der Waals surface area contributed by atoms with Crippen LogP contribution in [-0.2, 0) is 17.8 Å². The van der Waals surface area contributed by atoms with Crippen molar-refractivity contribution in [2.75, 3.05) is 5.73 Å². The molecule has 21 heavy (non-hydrogen) atoms. The Balaban J connectivity index is 2.36. The fourth-order valence-electron chi connectivity index (χ4n) is 2.39. The third-order valence-electron chi connectivity index (χ3n) is 3.14. The van der Waals surface area contributed by atoms with Gasteiger partial charge in [0.15, 0.2) is 0 Å². The minimum atomic E-state index is -0.233. The molecule has 0 aliphatic rings. The topological polar surface area (TPSA) is 72.9 Å². The van der Waals surface area contributed by atoms with Crippen molar-refractivity contribution < 1.29 is 4.79 Å². The number of imidazole rings is 1. The molecule has 0 aliphatic carbocycles. The second kappa shape index (κ2) is 5.76. The number of hydrogen-bond donors (Lipinski definition) is 2. The van der Waals surface area contributed by atoms with Crippen molar-refractivity contribution in [3.05, 3.63) is 24.0 Å². The normalized spacial score (nSPS) is 11.8. The minimum Gasteiger partial charge on any atom is -0.399 e. The van der Waals surface area contributed by atoms with Gasteiger partial charge in [0.1, 0.15) is 12.4 Å². The largest absolute Gasteiger partial charge is 0.399 e. The van der Waals surface area contributed by atoms with Crippen LogP contribution in [0, 0.1) is 0 Å². The molecule has 2 rings (SSSR count). The molecule has 1 aromatic carbocycles. The van der Waals surface area contributed by atoms with Crippen LogP contribution in [0.2, 0.25) is 0 Å². The number of anilines is 1. The van der Waals surface area contributed by atoms with E-state index in [9.17, 15) is 4.79 Å². The molecule has 114 valence electrons. The van der Waals surface area contributed by atoms with Gasteiger partial charge in [0.25, 0.3) is 0 Å². The Labute approximate surface area is 125 Å². The maximum absolute atomic E-state index is 12.2. The van der Waals surface area contributed by atoms with Gasteiger partial charge in [-0.15, -0.1) is 0 Å². The quantitative estimate of drug-likeness (QED) is 0.849. The number of carbonyl (C=O) groups excluding carboxylic acids is 1. The number of nitrogens with zero attached hydrogens (tertiary/aromatic N) is 2. The van der Waals surface area contributed by atoms with E-state index in [4.69, 9.17) is 5.73 Å². The van der Waals surface area contributed by atoms with Crippen molar-refractivity contribution in [1.82, 2.24) is 14.9 Å². The Morgan fingerprint density at radius 2 is 2.10 bits per heavy atom. The number of aromatic nitrogens is 2. The number of benzene rings is 1. The summed E-state index contributed by atoms with van der Waals surface area (Å²) in [4.78, 5) is 16.8. The molecule has 0 spiro atoms. The number of rotatable bonds is 4. The standard InChI is InChI=1S/C16H24N4O/c1-5-6-14-18-12-9-11(17)7-8-13(12)20(14)10-15(21)19-16(2,3)4/h7-9H,5-6,10,17H2,1-4H3,(H,19,21). The number of nitrogens with two attached hydrogens (primary N) is 1. The van der Waals surface area contributed by atoms with E-state index in [1.54, 1.807) is 0 Å². The fraction of sp³-hybridized carbons (Fsp3) is 0.500. The van der Waals surface area contributed by atoms with E-state index >= 15 is 0 Å². The number of aryl methyl sites for hydroxylation is 1. The Kier molecular flexibility index (Phi) is 4.21. The lowest BCUT2D eigenvalue weighted by Gasteiger charge is -2.21. The molecule has 0 bridgehead atoms. The third-order valence-corrected chi connectivity index (χ3v) is 3.14. The molecule has 0 radical (unpaired) electrons. The first-order valence-corrected chi connectivity index (χ1v) is 7.36. The summed E-state index contributed by atoms with van der Waals surface area (Å²) < 4.78 is 1.99. The van der Waals surface area contributed by atoms with Crippen LogP contribution in [0.4, 0.5) is 5.69 Å². The number of carbonyl (C=O) groups is 1. The summed E-state index contributed by atoms with van der Waals surface area (Å²) >= 11 is 0. The SMILES string of the molecule is CCCc1nc2cc(N)ccc2n1CC(=O)NC(C)(C)C. The first-order chi connectivity index (χ1) is 9.80. The highest BCUT2D eigenvalue weighted by molar-refractivity contribution is 5.83. The maximum Gasteiger partial charge on any atom is 0.240 e. The van der Waals surface area contributed by atoms with Gasteiger partial charge in [-0.05, 0) is 45.4 Å². The molecule has 0 saturated carbocycles. The molecule has 2 aromatic rings. The van der Waals surface area contributed by atoms with E-state index in [1.165, 1.54) is 0 Å². The lowest BCUT2D eigenvalue weighted by molar-refractivity contribution is -0.123. The van der Waals surface area contributed by atoms with Crippen LogP contribution in [-0.4, -0.2) is 21.0 Å². The van der Waals surface area contributed by atoms with Gasteiger partial charge in [-0.2, -0.15) is 0 Å². The summed E-state index contributed by atoms with van der Waals surface area (Å²) in [5.41, 5.74) is 8.07. The lowest BCUT2D eigenvalue weighted by atomic mass is 10.1. The zero-order chi connectivity index (χ0) is 15.6. The Morgan fingerprint density at radius 3 is 2.71 bits per heavy atom. The van der Waals surface area contributed by atoms with E-state index in [-0.39, 0.29) is 18.0 Å². The van der Waals surface area contributed by atoms with Gasteiger partial charge < -0.3 is 15.6 Å². The van der Waals surface area contributed by atoms with Crippen molar-refractivity contribution in [3.63, 3.8) is 0 Å². The van der Waals surface area contributed by atoms with Crippen LogP contribution in [0.15, 0.2) is 18.2 Å². The van der Waals surface area contributed by atoms with Gasteiger partial charge in [-0.1, -0.05) is 6.92 Å². The first kappa shape index (κ1) is 15.4. The van der Waals surface area contributed by atoms with E-state index in [0.717, 1.165) is 29.7 Å². The highest BCUT2D eigenvalue weighted by atomic mass is 16.2. The Bertz CT molecular complexity index is 652. The molecule has 5 nitrogen and oxygen atoms in total. The zero-order valence-electron chi connectivity index (χ0n) is 13.2. The molecule has 0 fully saturated rings. The summed E-state index contributed by atoms with van der Waals surface area (Å²) in [5.74, 6) is 0.929.